The summed E-state index contributed by atoms with van der Waals surface area (Å²) in [6.45, 7) is 1.32. The van der Waals surface area contributed by atoms with Crippen molar-refractivity contribution in [3.63, 3.8) is 0 Å². The van der Waals surface area contributed by atoms with Crippen molar-refractivity contribution in [1.29, 1.82) is 0 Å². The van der Waals surface area contributed by atoms with Gasteiger partial charge in [0.25, 0.3) is 0 Å². The number of ether oxygens (including phenoxy) is 1. The van der Waals surface area contributed by atoms with Crippen molar-refractivity contribution in [2.75, 3.05) is 13.7 Å². The Morgan fingerprint density at radius 1 is 1.43 bits per heavy atom. The third-order valence-electron chi connectivity index (χ3n) is 3.57. The van der Waals surface area contributed by atoms with E-state index in [1.807, 2.05) is 24.3 Å². The van der Waals surface area contributed by atoms with Gasteiger partial charge in [-0.05, 0) is 23.6 Å². The summed E-state index contributed by atoms with van der Waals surface area (Å²) in [5.74, 6) is 1.32. The van der Waals surface area contributed by atoms with E-state index in [0.717, 1.165) is 17.9 Å². The van der Waals surface area contributed by atoms with Gasteiger partial charge >= 0.3 is 0 Å². The molecule has 1 aromatic heterocycles. The lowest BCUT2D eigenvalue weighted by molar-refractivity contribution is 0.327. The molecular formula is C15H16ClN3OS. The average molecular weight is 322 g/mol. The predicted octanol–water partition coefficient (Wildman–Crippen LogP) is 3.28. The summed E-state index contributed by atoms with van der Waals surface area (Å²) in [4.78, 5) is 7.70. The number of aliphatic imine (C=N–C) groups is 1. The molecule has 0 aliphatic carbocycles. The molecule has 2 N–H and O–H groups in total. The summed E-state index contributed by atoms with van der Waals surface area (Å²) in [7, 11) is 1.65. The van der Waals surface area contributed by atoms with E-state index in [-0.39, 0.29) is 6.04 Å². The number of thiophene rings is 1. The normalized spacial score (nSPS) is 17.9. The molecule has 2 aromatic rings. The minimum Gasteiger partial charge on any atom is -0.496 e. The van der Waals surface area contributed by atoms with Crippen LogP contribution >= 0.6 is 22.9 Å². The SMILES string of the molecule is COc1cccc(Cl)c1C1CN=C(N)N1Cc1cccs1. The molecule has 0 amide bonds. The van der Waals surface area contributed by atoms with Crippen LogP contribution in [0.15, 0.2) is 40.7 Å². The Balaban J connectivity index is 1.94. The molecule has 1 aliphatic heterocycles. The van der Waals surface area contributed by atoms with Crippen LogP contribution in [-0.4, -0.2) is 24.5 Å². The molecule has 21 heavy (non-hydrogen) atoms. The monoisotopic (exact) mass is 321 g/mol. The maximum Gasteiger partial charge on any atom is 0.192 e. The van der Waals surface area contributed by atoms with E-state index in [2.05, 4.69) is 21.3 Å². The van der Waals surface area contributed by atoms with E-state index in [1.54, 1.807) is 18.4 Å². The Kier molecular flexibility index (Phi) is 4.03. The Morgan fingerprint density at radius 3 is 3.00 bits per heavy atom. The van der Waals surface area contributed by atoms with Crippen LogP contribution < -0.4 is 10.5 Å². The minimum atomic E-state index is 0.00995. The molecule has 1 unspecified atom stereocenters. The molecule has 110 valence electrons. The fourth-order valence-corrected chi connectivity index (χ4v) is 3.55. The van der Waals surface area contributed by atoms with Gasteiger partial charge in [-0.1, -0.05) is 23.7 Å². The molecule has 1 aromatic carbocycles. The lowest BCUT2D eigenvalue weighted by Gasteiger charge is -2.27. The van der Waals surface area contributed by atoms with Gasteiger partial charge in [-0.25, -0.2) is 0 Å². The van der Waals surface area contributed by atoms with Gasteiger partial charge < -0.3 is 15.4 Å². The molecule has 1 aliphatic rings. The zero-order valence-corrected chi connectivity index (χ0v) is 13.2. The zero-order valence-electron chi connectivity index (χ0n) is 11.6. The number of methoxy groups -OCH3 is 1. The fraction of sp³-hybridized carbons (Fsp3) is 0.267. The van der Waals surface area contributed by atoms with Crippen molar-refractivity contribution >= 4 is 28.9 Å². The van der Waals surface area contributed by atoms with Crippen molar-refractivity contribution in [2.45, 2.75) is 12.6 Å². The van der Waals surface area contributed by atoms with E-state index >= 15 is 0 Å². The average Bonchev–Trinajstić information content (AvgIpc) is 3.11. The fourth-order valence-electron chi connectivity index (χ4n) is 2.56. The second kappa shape index (κ2) is 5.95. The van der Waals surface area contributed by atoms with Gasteiger partial charge in [0.05, 0.1) is 26.2 Å². The molecule has 2 heterocycles. The topological polar surface area (TPSA) is 50.9 Å². The van der Waals surface area contributed by atoms with Gasteiger partial charge in [-0.3, -0.25) is 4.99 Å². The minimum absolute atomic E-state index is 0.00995. The molecule has 0 saturated heterocycles. The Hall–Kier alpha value is -1.72. The number of guanidine groups is 1. The van der Waals surface area contributed by atoms with Crippen LogP contribution in [0.5, 0.6) is 5.75 Å². The van der Waals surface area contributed by atoms with Crippen LogP contribution in [0, 0.1) is 0 Å². The van der Waals surface area contributed by atoms with Crippen molar-refractivity contribution in [3.05, 3.63) is 51.2 Å². The van der Waals surface area contributed by atoms with Crippen LogP contribution in [0.1, 0.15) is 16.5 Å². The molecule has 6 heteroatoms. The van der Waals surface area contributed by atoms with Crippen LogP contribution in [0.2, 0.25) is 5.02 Å². The largest absolute Gasteiger partial charge is 0.496 e. The van der Waals surface area contributed by atoms with Crippen LogP contribution in [0.25, 0.3) is 0 Å². The van der Waals surface area contributed by atoms with Gasteiger partial charge in [-0.2, -0.15) is 0 Å². The first-order valence-electron chi connectivity index (χ1n) is 6.62. The van der Waals surface area contributed by atoms with Crippen LogP contribution in [0.3, 0.4) is 0 Å². The predicted molar refractivity (Wildman–Crippen MR) is 87.1 cm³/mol. The van der Waals surface area contributed by atoms with E-state index < -0.39 is 0 Å². The quantitative estimate of drug-likeness (QED) is 0.940. The number of nitrogens with zero attached hydrogens (tertiary/aromatic N) is 2. The molecule has 4 nitrogen and oxygen atoms in total. The number of benzene rings is 1. The third-order valence-corrected chi connectivity index (χ3v) is 4.76. The molecule has 1 atom stereocenters. The second-order valence-electron chi connectivity index (χ2n) is 4.78. The van der Waals surface area contributed by atoms with E-state index in [9.17, 15) is 0 Å². The molecule has 0 saturated carbocycles. The van der Waals surface area contributed by atoms with Gasteiger partial charge in [0.15, 0.2) is 5.96 Å². The van der Waals surface area contributed by atoms with Gasteiger partial charge in [0, 0.05) is 15.5 Å². The Bertz CT molecular complexity index is 657. The second-order valence-corrected chi connectivity index (χ2v) is 6.22. The van der Waals surface area contributed by atoms with Gasteiger partial charge in [-0.15, -0.1) is 11.3 Å². The maximum absolute atomic E-state index is 6.39. The summed E-state index contributed by atoms with van der Waals surface area (Å²) >= 11 is 8.09. The number of hydrogen-bond acceptors (Lipinski definition) is 5. The maximum atomic E-state index is 6.39. The van der Waals surface area contributed by atoms with E-state index in [1.165, 1.54) is 4.88 Å². The molecule has 0 radical (unpaired) electrons. The number of rotatable bonds is 4. The number of nitrogens with two attached hydrogens (primary N) is 1. The number of hydrogen-bond donors (Lipinski definition) is 1. The standard InChI is InChI=1S/C15H16ClN3OS/c1-20-13-6-2-5-11(16)14(13)12-8-18-15(17)19(12)9-10-4-3-7-21-10/h2-7,12H,8-9H2,1H3,(H2,17,18). The van der Waals surface area contributed by atoms with Gasteiger partial charge in [0.2, 0.25) is 0 Å². The highest BCUT2D eigenvalue weighted by Crippen LogP contribution is 2.38. The zero-order chi connectivity index (χ0) is 14.8. The third kappa shape index (κ3) is 2.71. The van der Waals surface area contributed by atoms with Crippen LogP contribution in [-0.2, 0) is 6.54 Å². The van der Waals surface area contributed by atoms with Gasteiger partial charge in [0.1, 0.15) is 5.75 Å². The van der Waals surface area contributed by atoms with Crippen molar-refractivity contribution < 1.29 is 4.74 Å². The molecule has 0 spiro atoms. The summed E-state index contributed by atoms with van der Waals surface area (Å²) < 4.78 is 5.46. The summed E-state index contributed by atoms with van der Waals surface area (Å²) in [6, 6.07) is 9.81. The van der Waals surface area contributed by atoms with Crippen molar-refractivity contribution in [1.82, 2.24) is 4.90 Å². The smallest absolute Gasteiger partial charge is 0.192 e. The molecule has 0 bridgehead atoms. The molecule has 0 fully saturated rings. The Labute approximate surface area is 132 Å². The first-order valence-corrected chi connectivity index (χ1v) is 7.88. The highest BCUT2D eigenvalue weighted by atomic mass is 35.5. The van der Waals surface area contributed by atoms with E-state index in [0.29, 0.717) is 17.5 Å². The highest BCUT2D eigenvalue weighted by Gasteiger charge is 2.31. The van der Waals surface area contributed by atoms with Crippen molar-refractivity contribution in [2.24, 2.45) is 10.7 Å². The number of halogens is 1. The molecule has 3 rings (SSSR count). The molecular weight excluding hydrogens is 306 g/mol. The lowest BCUT2D eigenvalue weighted by atomic mass is 10.0. The lowest BCUT2D eigenvalue weighted by Crippen LogP contribution is -2.35. The van der Waals surface area contributed by atoms with E-state index in [4.69, 9.17) is 22.1 Å². The van der Waals surface area contributed by atoms with Crippen LogP contribution in [0.4, 0.5) is 0 Å². The van der Waals surface area contributed by atoms with Crippen molar-refractivity contribution in [3.8, 4) is 5.75 Å². The Morgan fingerprint density at radius 2 is 2.29 bits per heavy atom. The summed E-state index contributed by atoms with van der Waals surface area (Å²) in [6.07, 6.45) is 0. The first kappa shape index (κ1) is 14.2. The summed E-state index contributed by atoms with van der Waals surface area (Å²) in [5.41, 5.74) is 7.01. The summed E-state index contributed by atoms with van der Waals surface area (Å²) in [5, 5.41) is 2.74. The first-order chi connectivity index (χ1) is 10.2. The highest BCUT2D eigenvalue weighted by molar-refractivity contribution is 7.09.